The molecule has 0 aliphatic carbocycles. The Hall–Kier alpha value is -4.67. The van der Waals surface area contributed by atoms with E-state index in [0.717, 1.165) is 17.1 Å². The van der Waals surface area contributed by atoms with E-state index >= 15 is 0 Å². The number of ether oxygens (including phenoxy) is 5. The summed E-state index contributed by atoms with van der Waals surface area (Å²) in [4.78, 5) is 71.6. The highest BCUT2D eigenvalue weighted by atomic mass is 32.2. The molecule has 1 aromatic rings. The molecule has 2 heterocycles. The molecular formula is C29H37N3O17S. The molecule has 21 heteroatoms. The number of aliphatic hydroxyl groups is 2. The molecule has 0 saturated carbocycles. The Morgan fingerprint density at radius 3 is 2.42 bits per heavy atom. The van der Waals surface area contributed by atoms with E-state index in [1.807, 2.05) is 0 Å². The minimum atomic E-state index is -4.70. The monoisotopic (exact) mass is 731 g/mol. The highest BCUT2D eigenvalue weighted by molar-refractivity contribution is 7.85. The van der Waals surface area contributed by atoms with Crippen LogP contribution >= 0.6 is 0 Å². The lowest BCUT2D eigenvalue weighted by molar-refractivity contribution is -0.228. The van der Waals surface area contributed by atoms with E-state index in [1.165, 1.54) is 25.1 Å². The van der Waals surface area contributed by atoms with Crippen LogP contribution in [0.4, 0.5) is 0 Å². The van der Waals surface area contributed by atoms with Crippen molar-refractivity contribution >= 4 is 45.7 Å². The van der Waals surface area contributed by atoms with Crippen LogP contribution in [-0.4, -0.2) is 138 Å². The van der Waals surface area contributed by atoms with Crippen molar-refractivity contribution < 1.29 is 80.7 Å². The fourth-order valence-electron chi connectivity index (χ4n) is 4.51. The van der Waals surface area contributed by atoms with Crippen LogP contribution in [0.2, 0.25) is 0 Å². The summed E-state index contributed by atoms with van der Waals surface area (Å²) in [6.07, 6.45) is -4.81. The van der Waals surface area contributed by atoms with Gasteiger partial charge in [0, 0.05) is 56.6 Å². The van der Waals surface area contributed by atoms with E-state index in [9.17, 15) is 57.1 Å². The van der Waals surface area contributed by atoms with E-state index < -0.39 is 88.5 Å². The zero-order chi connectivity index (χ0) is 37.0. The Balaban J connectivity index is 1.47. The number of carbonyl (C=O) groups is 6. The number of amides is 4. The van der Waals surface area contributed by atoms with Crippen molar-refractivity contribution in [3.8, 4) is 11.5 Å². The number of aliphatic hydroxyl groups excluding tert-OH is 2. The van der Waals surface area contributed by atoms with Crippen LogP contribution in [0.5, 0.6) is 11.5 Å². The summed E-state index contributed by atoms with van der Waals surface area (Å²) in [5.74, 6) is -5.96. The van der Waals surface area contributed by atoms with Crippen LogP contribution in [0, 0.1) is 0 Å². The second-order valence-corrected chi connectivity index (χ2v) is 12.3. The molecule has 3 rings (SSSR count). The molecule has 0 aromatic heterocycles. The van der Waals surface area contributed by atoms with Gasteiger partial charge in [-0.3, -0.25) is 33.4 Å². The SMILES string of the molecule is CC(=O)OCc1ccc(OCCOCCNC(=O)C(CS(=O)(=O)O)NC(=O)CCN2C(=O)C=CC2=O)cc1OC1CC(O)[C@H](O)C(C(=O)O)O1. The van der Waals surface area contributed by atoms with Gasteiger partial charge in [-0.15, -0.1) is 0 Å². The van der Waals surface area contributed by atoms with Gasteiger partial charge in [-0.25, -0.2) is 4.79 Å². The van der Waals surface area contributed by atoms with E-state index in [-0.39, 0.29) is 57.4 Å². The smallest absolute Gasteiger partial charge is 0.335 e. The molecule has 50 heavy (non-hydrogen) atoms. The number of carboxylic acid groups (broad SMARTS) is 1. The lowest BCUT2D eigenvalue weighted by atomic mass is 10.0. The first-order valence-corrected chi connectivity index (χ1v) is 16.6. The quantitative estimate of drug-likeness (QED) is 0.0364. The van der Waals surface area contributed by atoms with Crippen LogP contribution in [-0.2, 0) is 59.7 Å². The average Bonchev–Trinajstić information content (AvgIpc) is 3.35. The van der Waals surface area contributed by atoms with Crippen molar-refractivity contribution in [2.45, 2.75) is 57.0 Å². The topological polar surface area (TPSA) is 291 Å². The lowest BCUT2D eigenvalue weighted by Crippen LogP contribution is -2.53. The molecule has 1 saturated heterocycles. The number of hydrogen-bond donors (Lipinski definition) is 6. The van der Waals surface area contributed by atoms with Gasteiger partial charge in [0.25, 0.3) is 21.9 Å². The van der Waals surface area contributed by atoms with Gasteiger partial charge in [-0.05, 0) is 12.1 Å². The molecule has 0 radical (unpaired) electrons. The maximum Gasteiger partial charge on any atom is 0.335 e. The number of carboxylic acids is 1. The molecule has 4 amide bonds. The maximum absolute atomic E-state index is 12.6. The van der Waals surface area contributed by atoms with Gasteiger partial charge in [0.05, 0.1) is 19.3 Å². The number of rotatable bonds is 19. The summed E-state index contributed by atoms with van der Waals surface area (Å²) in [6, 6.07) is 2.74. The van der Waals surface area contributed by atoms with Gasteiger partial charge in [0.15, 0.2) is 6.10 Å². The lowest BCUT2D eigenvalue weighted by Gasteiger charge is -2.35. The van der Waals surface area contributed by atoms with E-state index in [0.29, 0.717) is 5.56 Å². The number of imide groups is 1. The molecule has 2 aliphatic rings. The second kappa shape index (κ2) is 18.4. The Bertz CT molecular complexity index is 1550. The zero-order valence-corrected chi connectivity index (χ0v) is 27.4. The third-order valence-electron chi connectivity index (χ3n) is 6.94. The molecule has 0 bridgehead atoms. The molecule has 5 atom stereocenters. The maximum atomic E-state index is 12.6. The van der Waals surface area contributed by atoms with Crippen molar-refractivity contribution in [3.63, 3.8) is 0 Å². The van der Waals surface area contributed by atoms with Gasteiger partial charge >= 0.3 is 11.9 Å². The van der Waals surface area contributed by atoms with E-state index in [2.05, 4.69) is 10.6 Å². The molecule has 2 aliphatic heterocycles. The van der Waals surface area contributed by atoms with Crippen molar-refractivity contribution in [1.29, 1.82) is 0 Å². The molecule has 20 nitrogen and oxygen atoms in total. The van der Waals surface area contributed by atoms with E-state index in [4.69, 9.17) is 23.7 Å². The first-order valence-electron chi connectivity index (χ1n) is 15.0. The van der Waals surface area contributed by atoms with Crippen LogP contribution in [0.1, 0.15) is 25.3 Å². The summed E-state index contributed by atoms with van der Waals surface area (Å²) in [5.41, 5.74) is 0.355. The van der Waals surface area contributed by atoms with Gasteiger partial charge < -0.3 is 49.6 Å². The number of hydrogen-bond acceptors (Lipinski definition) is 15. The van der Waals surface area contributed by atoms with Gasteiger partial charge in [-0.1, -0.05) is 0 Å². The first kappa shape index (κ1) is 39.8. The third-order valence-corrected chi connectivity index (χ3v) is 7.70. The molecule has 276 valence electrons. The number of aliphatic carboxylic acids is 1. The van der Waals surface area contributed by atoms with E-state index in [1.54, 1.807) is 0 Å². The van der Waals surface area contributed by atoms with Crippen LogP contribution in [0.15, 0.2) is 30.4 Å². The normalized spacial score (nSPS) is 21.0. The second-order valence-electron chi connectivity index (χ2n) is 10.8. The summed E-state index contributed by atoms with van der Waals surface area (Å²) in [6.45, 7) is 0.420. The predicted molar refractivity (Wildman–Crippen MR) is 164 cm³/mol. The molecule has 6 N–H and O–H groups in total. The summed E-state index contributed by atoms with van der Waals surface area (Å²) >= 11 is 0. The van der Waals surface area contributed by atoms with Gasteiger partial charge in [0.1, 0.15) is 42.6 Å². The number of esters is 1. The van der Waals surface area contributed by atoms with Crippen molar-refractivity contribution in [2.24, 2.45) is 0 Å². The Labute approximate surface area is 285 Å². The van der Waals surface area contributed by atoms with Crippen LogP contribution in [0.25, 0.3) is 0 Å². The standard InChI is InChI=1S/C29H37N3O17S/c1-16(33)47-14-17-2-3-18(12-21(17)48-25-13-20(34)26(38)27(49-25)29(40)41)46-11-10-45-9-7-30-28(39)19(15-50(42,43)44)31-22(35)6-8-32-23(36)4-5-24(32)37/h2-5,12,19-20,25-27,34,38H,6-11,13-15H2,1H3,(H,30,39)(H,31,35)(H,40,41)(H,42,43,44)/t19?,20?,25?,26-,27?/m0/s1. The first-order chi connectivity index (χ1) is 23.5. The fourth-order valence-corrected chi connectivity index (χ4v) is 5.16. The number of nitrogens with zero attached hydrogens (tertiary/aromatic N) is 1. The molecule has 1 fully saturated rings. The average molecular weight is 732 g/mol. The molecule has 0 spiro atoms. The van der Waals surface area contributed by atoms with Gasteiger partial charge in [0.2, 0.25) is 18.1 Å². The highest BCUT2D eigenvalue weighted by Gasteiger charge is 2.42. The highest BCUT2D eigenvalue weighted by Crippen LogP contribution is 2.30. The zero-order valence-electron chi connectivity index (χ0n) is 26.6. The van der Waals surface area contributed by atoms with Crippen molar-refractivity contribution in [1.82, 2.24) is 15.5 Å². The Morgan fingerprint density at radius 1 is 1.08 bits per heavy atom. The molecule has 4 unspecified atom stereocenters. The Kier molecular flexibility index (Phi) is 14.6. The summed E-state index contributed by atoms with van der Waals surface area (Å²) in [5, 5.41) is 33.8. The van der Waals surface area contributed by atoms with Crippen LogP contribution < -0.4 is 20.1 Å². The number of carbonyl (C=O) groups excluding carboxylic acids is 5. The fraction of sp³-hybridized carbons (Fsp3) is 0.517. The number of nitrogens with one attached hydrogen (secondary N) is 2. The molecular weight excluding hydrogens is 694 g/mol. The Morgan fingerprint density at radius 2 is 1.78 bits per heavy atom. The third kappa shape index (κ3) is 12.7. The van der Waals surface area contributed by atoms with Gasteiger partial charge in [-0.2, -0.15) is 8.42 Å². The largest absolute Gasteiger partial charge is 0.491 e. The summed E-state index contributed by atoms with van der Waals surface area (Å²) in [7, 11) is -4.70. The van der Waals surface area contributed by atoms with Crippen molar-refractivity contribution in [3.05, 3.63) is 35.9 Å². The van der Waals surface area contributed by atoms with Crippen LogP contribution in [0.3, 0.4) is 0 Å². The minimum Gasteiger partial charge on any atom is -0.491 e. The molecule has 1 aromatic carbocycles. The minimum absolute atomic E-state index is 0.00858. The summed E-state index contributed by atoms with van der Waals surface area (Å²) < 4.78 is 59.1. The number of benzene rings is 1. The predicted octanol–water partition coefficient (Wildman–Crippen LogP) is -2.75. The van der Waals surface area contributed by atoms with Crippen molar-refractivity contribution in [2.75, 3.05) is 38.7 Å².